The first kappa shape index (κ1) is 25.7. The number of hydrogen-bond donors (Lipinski definition) is 1. The number of nitrogens with zero attached hydrogens (tertiary/aromatic N) is 4. The molecule has 3 fully saturated rings. The molecular weight excluding hydrogens is 388 g/mol. The van der Waals surface area contributed by atoms with E-state index in [0.29, 0.717) is 23.0 Å². The highest BCUT2D eigenvalue weighted by Gasteiger charge is 2.48. The summed E-state index contributed by atoms with van der Waals surface area (Å²) in [5.74, 6) is 2.06. The molecule has 2 saturated carbocycles. The van der Waals surface area contributed by atoms with E-state index in [2.05, 4.69) is 33.6 Å². The van der Waals surface area contributed by atoms with Crippen LogP contribution in [0.25, 0.3) is 0 Å². The number of carbonyl (C=O) groups is 1. The van der Waals surface area contributed by atoms with Gasteiger partial charge in [-0.25, -0.2) is 9.97 Å². The molecule has 0 amide bonds. The molecule has 0 unspecified atom stereocenters. The van der Waals surface area contributed by atoms with E-state index in [0.717, 1.165) is 63.7 Å². The molecule has 1 spiro atoms. The number of ketones is 1. The van der Waals surface area contributed by atoms with Crippen LogP contribution in [0.3, 0.4) is 0 Å². The molecule has 176 valence electrons. The Morgan fingerprint density at radius 2 is 1.55 bits per heavy atom. The van der Waals surface area contributed by atoms with E-state index in [1.165, 1.54) is 25.7 Å². The predicted molar refractivity (Wildman–Crippen MR) is 127 cm³/mol. The van der Waals surface area contributed by atoms with E-state index < -0.39 is 0 Å². The lowest BCUT2D eigenvalue weighted by atomic mass is 9.56. The summed E-state index contributed by atoms with van der Waals surface area (Å²) in [5.41, 5.74) is 1.72. The van der Waals surface area contributed by atoms with Gasteiger partial charge in [-0.05, 0) is 50.9 Å². The second-order valence-corrected chi connectivity index (χ2v) is 9.42. The number of piperazine rings is 1. The molecule has 0 bridgehead atoms. The Hall–Kier alpha value is -1.53. The third-order valence-corrected chi connectivity index (χ3v) is 7.33. The number of anilines is 1. The first-order chi connectivity index (χ1) is 15.0. The summed E-state index contributed by atoms with van der Waals surface area (Å²) in [6.45, 7) is 14.5. The van der Waals surface area contributed by atoms with Gasteiger partial charge in [0.15, 0.2) is 0 Å². The first-order valence-electron chi connectivity index (χ1n) is 12.2. The molecule has 1 N–H and O–H groups in total. The Morgan fingerprint density at radius 1 is 1.03 bits per heavy atom. The molecule has 6 heteroatoms. The van der Waals surface area contributed by atoms with Gasteiger partial charge in [0.2, 0.25) is 0 Å². The molecule has 0 radical (unpaired) electrons. The summed E-state index contributed by atoms with van der Waals surface area (Å²) in [4.78, 5) is 25.8. The molecule has 0 atom stereocenters. The van der Waals surface area contributed by atoms with Gasteiger partial charge in [-0.2, -0.15) is 0 Å². The van der Waals surface area contributed by atoms with Gasteiger partial charge >= 0.3 is 0 Å². The smallest absolute Gasteiger partial charge is 0.132 e. The number of carbonyl (C=O) groups excluding carboxylic acids is 1. The Morgan fingerprint density at radius 3 is 2.00 bits per heavy atom. The van der Waals surface area contributed by atoms with Crippen LogP contribution in [-0.2, 0) is 4.79 Å². The minimum Gasteiger partial charge on any atom is -0.400 e. The SMILES string of the molecule is CC.CC(=O)C1CCC2(CC1)CC(N1CCN(c3cnc(C(C)C)nc3)CC1)C2.CO. The minimum absolute atomic E-state index is 0.350. The van der Waals surface area contributed by atoms with Crippen LogP contribution in [-0.4, -0.2) is 65.1 Å². The van der Waals surface area contributed by atoms with E-state index in [1.54, 1.807) is 6.92 Å². The lowest BCUT2D eigenvalue weighted by molar-refractivity contribution is -0.124. The molecule has 3 aliphatic rings. The number of hydrogen-bond acceptors (Lipinski definition) is 6. The van der Waals surface area contributed by atoms with Crippen LogP contribution in [0.15, 0.2) is 12.4 Å². The van der Waals surface area contributed by atoms with Crippen molar-refractivity contribution in [3.8, 4) is 0 Å². The second kappa shape index (κ2) is 11.9. The first-order valence-corrected chi connectivity index (χ1v) is 12.2. The highest BCUT2D eigenvalue weighted by Crippen LogP contribution is 2.54. The highest BCUT2D eigenvalue weighted by molar-refractivity contribution is 5.78. The van der Waals surface area contributed by atoms with Crippen LogP contribution in [0.2, 0.25) is 0 Å². The number of rotatable bonds is 4. The molecule has 31 heavy (non-hydrogen) atoms. The lowest BCUT2D eigenvalue weighted by Crippen LogP contribution is -2.57. The summed E-state index contributed by atoms with van der Waals surface area (Å²) in [6.07, 6.45) is 11.5. The molecule has 0 aromatic carbocycles. The second-order valence-electron chi connectivity index (χ2n) is 9.42. The van der Waals surface area contributed by atoms with Gasteiger partial charge in [0, 0.05) is 51.2 Å². The number of aromatic nitrogens is 2. The summed E-state index contributed by atoms with van der Waals surface area (Å²) in [5, 5.41) is 7.00. The van der Waals surface area contributed by atoms with E-state index in [1.807, 2.05) is 26.2 Å². The van der Waals surface area contributed by atoms with Crippen molar-refractivity contribution < 1.29 is 9.90 Å². The van der Waals surface area contributed by atoms with Crippen molar-refractivity contribution in [2.24, 2.45) is 11.3 Å². The average Bonchev–Trinajstić information content (AvgIpc) is 2.80. The van der Waals surface area contributed by atoms with Gasteiger partial charge in [0.1, 0.15) is 11.6 Å². The van der Waals surface area contributed by atoms with E-state index in [-0.39, 0.29) is 0 Å². The number of Topliss-reactive ketones (excluding diaryl/α,β-unsaturated/α-hetero) is 1. The van der Waals surface area contributed by atoms with E-state index in [9.17, 15) is 4.79 Å². The van der Waals surface area contributed by atoms with Crippen molar-refractivity contribution in [2.45, 2.75) is 85.1 Å². The molecule has 2 aliphatic carbocycles. The Bertz CT molecular complexity index is 653. The average molecular weight is 433 g/mol. The molecule has 1 aromatic heterocycles. The normalized spacial score (nSPS) is 28.2. The number of aliphatic hydroxyl groups is 1. The zero-order valence-corrected chi connectivity index (χ0v) is 20.6. The maximum absolute atomic E-state index is 11.6. The zero-order valence-electron chi connectivity index (χ0n) is 20.6. The monoisotopic (exact) mass is 432 g/mol. The summed E-state index contributed by atoms with van der Waals surface area (Å²) >= 11 is 0. The van der Waals surface area contributed by atoms with Crippen LogP contribution in [0.1, 0.15) is 84.9 Å². The van der Waals surface area contributed by atoms with Crippen molar-refractivity contribution in [3.05, 3.63) is 18.2 Å². The molecule has 4 rings (SSSR count). The van der Waals surface area contributed by atoms with Crippen LogP contribution in [0.5, 0.6) is 0 Å². The molecule has 2 heterocycles. The van der Waals surface area contributed by atoms with Gasteiger partial charge in [-0.1, -0.05) is 27.7 Å². The van der Waals surface area contributed by atoms with Crippen molar-refractivity contribution in [1.82, 2.24) is 14.9 Å². The van der Waals surface area contributed by atoms with Crippen molar-refractivity contribution in [2.75, 3.05) is 38.2 Å². The third-order valence-electron chi connectivity index (χ3n) is 7.33. The topological polar surface area (TPSA) is 69.6 Å². The van der Waals surface area contributed by atoms with Crippen molar-refractivity contribution in [1.29, 1.82) is 0 Å². The highest BCUT2D eigenvalue weighted by atomic mass is 16.2. The fraction of sp³-hybridized carbons (Fsp3) is 0.800. The fourth-order valence-corrected chi connectivity index (χ4v) is 5.38. The van der Waals surface area contributed by atoms with Gasteiger partial charge < -0.3 is 10.0 Å². The van der Waals surface area contributed by atoms with Crippen LogP contribution < -0.4 is 4.90 Å². The third kappa shape index (κ3) is 6.26. The largest absolute Gasteiger partial charge is 0.400 e. The molecule has 1 aromatic rings. The van der Waals surface area contributed by atoms with Crippen molar-refractivity contribution in [3.63, 3.8) is 0 Å². The predicted octanol–water partition coefficient (Wildman–Crippen LogP) is 4.28. The van der Waals surface area contributed by atoms with Gasteiger partial charge in [0.05, 0.1) is 18.1 Å². The standard InChI is InChI=1S/C22H34N4O.C2H6.CH4O/c1-16(2)21-23-14-20(15-24-21)26-10-8-25(9-11-26)19-12-22(13-19)6-4-18(5-7-22)17(3)27;2*1-2/h14-16,18-19H,4-13H2,1-3H3;1-2H3;2H,1H3. The van der Waals surface area contributed by atoms with Gasteiger partial charge in [-0.3, -0.25) is 9.69 Å². The summed E-state index contributed by atoms with van der Waals surface area (Å²) < 4.78 is 0. The van der Waals surface area contributed by atoms with Gasteiger partial charge in [0.25, 0.3) is 0 Å². The van der Waals surface area contributed by atoms with E-state index >= 15 is 0 Å². The number of aliphatic hydroxyl groups excluding tert-OH is 1. The molecule has 1 saturated heterocycles. The quantitative estimate of drug-likeness (QED) is 0.766. The van der Waals surface area contributed by atoms with Crippen LogP contribution >= 0.6 is 0 Å². The Balaban J connectivity index is 0.000000807. The molecule has 6 nitrogen and oxygen atoms in total. The summed E-state index contributed by atoms with van der Waals surface area (Å²) in [6, 6.07) is 0.764. The van der Waals surface area contributed by atoms with Crippen LogP contribution in [0.4, 0.5) is 5.69 Å². The fourth-order valence-electron chi connectivity index (χ4n) is 5.38. The summed E-state index contributed by atoms with van der Waals surface area (Å²) in [7, 11) is 1.00. The minimum atomic E-state index is 0.350. The molecule has 1 aliphatic heterocycles. The Labute approximate surface area is 189 Å². The van der Waals surface area contributed by atoms with Gasteiger partial charge in [-0.15, -0.1) is 0 Å². The van der Waals surface area contributed by atoms with Crippen molar-refractivity contribution >= 4 is 11.5 Å². The maximum Gasteiger partial charge on any atom is 0.132 e. The molecular formula is C25H44N4O2. The Kier molecular flexibility index (Phi) is 9.89. The zero-order chi connectivity index (χ0) is 23.0. The van der Waals surface area contributed by atoms with E-state index in [4.69, 9.17) is 5.11 Å². The lowest BCUT2D eigenvalue weighted by Gasteiger charge is -2.56. The maximum atomic E-state index is 11.6. The van der Waals surface area contributed by atoms with Crippen LogP contribution in [0, 0.1) is 11.3 Å².